The highest BCUT2D eigenvalue weighted by molar-refractivity contribution is 7.91. The van der Waals surface area contributed by atoms with E-state index in [2.05, 4.69) is 18.8 Å². The summed E-state index contributed by atoms with van der Waals surface area (Å²) in [5.74, 6) is 1.64. The molecule has 0 aliphatic carbocycles. The van der Waals surface area contributed by atoms with Gasteiger partial charge in [0.05, 0.1) is 11.0 Å². The predicted octanol–water partition coefficient (Wildman–Crippen LogP) is 2.22. The van der Waals surface area contributed by atoms with Gasteiger partial charge in [-0.1, -0.05) is 13.8 Å². The highest BCUT2D eigenvalue weighted by Crippen LogP contribution is 2.12. The first-order valence-electron chi connectivity index (χ1n) is 6.07. The van der Waals surface area contributed by atoms with Crippen LogP contribution in [-0.2, 0) is 16.4 Å². The van der Waals surface area contributed by atoms with E-state index in [0.717, 1.165) is 12.4 Å². The van der Waals surface area contributed by atoms with Crippen LogP contribution < -0.4 is 0 Å². The van der Waals surface area contributed by atoms with E-state index in [4.69, 9.17) is 0 Å². The molecule has 1 heterocycles. The van der Waals surface area contributed by atoms with Crippen molar-refractivity contribution < 1.29 is 8.42 Å². The molecule has 0 N–H and O–H groups in total. The SMILES string of the molecule is CC(C)c1nccn1CCCS(=O)(=O)C(C)C. The van der Waals surface area contributed by atoms with Gasteiger partial charge in [-0.2, -0.15) is 0 Å². The molecule has 5 heteroatoms. The van der Waals surface area contributed by atoms with Gasteiger partial charge in [0.15, 0.2) is 9.84 Å². The first-order valence-corrected chi connectivity index (χ1v) is 7.78. The topological polar surface area (TPSA) is 52.0 Å². The van der Waals surface area contributed by atoms with E-state index >= 15 is 0 Å². The molecule has 0 bridgehead atoms. The zero-order valence-corrected chi connectivity index (χ0v) is 11.9. The molecule has 1 aromatic rings. The fraction of sp³-hybridized carbons (Fsp3) is 0.750. The third kappa shape index (κ3) is 3.84. The standard InChI is InChI=1S/C12H22N2O2S/c1-10(2)12-13-6-8-14(12)7-5-9-17(15,16)11(3)4/h6,8,10-11H,5,7,9H2,1-4H3. The van der Waals surface area contributed by atoms with Crippen LogP contribution in [0.2, 0.25) is 0 Å². The molecule has 98 valence electrons. The molecule has 0 spiro atoms. The van der Waals surface area contributed by atoms with Crippen LogP contribution in [0.1, 0.15) is 45.9 Å². The zero-order chi connectivity index (χ0) is 13.1. The van der Waals surface area contributed by atoms with Crippen molar-refractivity contribution in [1.29, 1.82) is 0 Å². The molecule has 0 amide bonds. The minimum absolute atomic E-state index is 0.250. The number of aryl methyl sites for hydroxylation is 1. The average molecular weight is 258 g/mol. The van der Waals surface area contributed by atoms with Gasteiger partial charge < -0.3 is 4.57 Å². The Bertz CT molecular complexity index is 447. The Labute approximate surface area is 104 Å². The molecule has 1 aromatic heterocycles. The smallest absolute Gasteiger partial charge is 0.152 e. The maximum atomic E-state index is 11.7. The number of imidazole rings is 1. The van der Waals surface area contributed by atoms with Crippen molar-refractivity contribution in [3.05, 3.63) is 18.2 Å². The van der Waals surface area contributed by atoms with Crippen LogP contribution in [0.4, 0.5) is 0 Å². The van der Waals surface area contributed by atoms with Crippen LogP contribution in [0.5, 0.6) is 0 Å². The molecule has 1 rings (SSSR count). The summed E-state index contributed by atoms with van der Waals surface area (Å²) in [6, 6.07) is 0. The van der Waals surface area contributed by atoms with Gasteiger partial charge in [-0.05, 0) is 20.3 Å². The number of nitrogens with zero attached hydrogens (tertiary/aromatic N) is 2. The number of aromatic nitrogens is 2. The van der Waals surface area contributed by atoms with Gasteiger partial charge in [-0.15, -0.1) is 0 Å². The Morgan fingerprint density at radius 2 is 1.94 bits per heavy atom. The second-order valence-corrected chi connectivity index (χ2v) is 7.58. The molecule has 17 heavy (non-hydrogen) atoms. The van der Waals surface area contributed by atoms with Crippen LogP contribution in [0, 0.1) is 0 Å². The van der Waals surface area contributed by atoms with Crippen molar-refractivity contribution in [2.45, 2.75) is 51.8 Å². The van der Waals surface area contributed by atoms with Gasteiger partial charge in [0.25, 0.3) is 0 Å². The maximum absolute atomic E-state index is 11.7. The van der Waals surface area contributed by atoms with E-state index in [0.29, 0.717) is 12.3 Å². The highest BCUT2D eigenvalue weighted by Gasteiger charge is 2.15. The molecule has 0 radical (unpaired) electrons. The van der Waals surface area contributed by atoms with Crippen molar-refractivity contribution >= 4 is 9.84 Å². The maximum Gasteiger partial charge on any atom is 0.152 e. The van der Waals surface area contributed by atoms with Gasteiger partial charge in [-0.25, -0.2) is 13.4 Å². The summed E-state index contributed by atoms with van der Waals surface area (Å²) in [6.45, 7) is 8.35. The molecule has 0 saturated carbocycles. The number of rotatable bonds is 6. The summed E-state index contributed by atoms with van der Waals surface area (Å²) >= 11 is 0. The molecule has 0 unspecified atom stereocenters. The van der Waals surface area contributed by atoms with Gasteiger partial charge >= 0.3 is 0 Å². The van der Waals surface area contributed by atoms with E-state index in [1.165, 1.54) is 0 Å². The van der Waals surface area contributed by atoms with Crippen molar-refractivity contribution in [2.75, 3.05) is 5.75 Å². The van der Waals surface area contributed by atoms with Gasteiger partial charge in [0.2, 0.25) is 0 Å². The van der Waals surface area contributed by atoms with Crippen molar-refractivity contribution in [2.24, 2.45) is 0 Å². The summed E-state index contributed by atoms with van der Waals surface area (Å²) in [5.41, 5.74) is 0. The van der Waals surface area contributed by atoms with Gasteiger partial charge in [0.1, 0.15) is 5.82 Å². The fourth-order valence-electron chi connectivity index (χ4n) is 1.68. The van der Waals surface area contributed by atoms with E-state index in [9.17, 15) is 8.42 Å². The van der Waals surface area contributed by atoms with Crippen molar-refractivity contribution in [1.82, 2.24) is 9.55 Å². The van der Waals surface area contributed by atoms with Crippen LogP contribution >= 0.6 is 0 Å². The Morgan fingerprint density at radius 3 is 2.47 bits per heavy atom. The molecular weight excluding hydrogens is 236 g/mol. The van der Waals surface area contributed by atoms with Crippen molar-refractivity contribution in [3.8, 4) is 0 Å². The van der Waals surface area contributed by atoms with Crippen LogP contribution in [0.15, 0.2) is 12.4 Å². The van der Waals surface area contributed by atoms with E-state index < -0.39 is 9.84 Å². The normalized spacial score (nSPS) is 12.6. The number of hydrogen-bond donors (Lipinski definition) is 0. The second-order valence-electron chi connectivity index (χ2n) is 4.90. The molecule has 0 saturated heterocycles. The minimum Gasteiger partial charge on any atom is -0.335 e. The lowest BCUT2D eigenvalue weighted by Crippen LogP contribution is -2.19. The molecule has 0 atom stereocenters. The lowest BCUT2D eigenvalue weighted by Gasteiger charge is -2.11. The second kappa shape index (κ2) is 5.67. The molecule has 0 aliphatic rings. The molecule has 4 nitrogen and oxygen atoms in total. The van der Waals surface area contributed by atoms with Crippen LogP contribution in [0.25, 0.3) is 0 Å². The predicted molar refractivity (Wildman–Crippen MR) is 69.9 cm³/mol. The quantitative estimate of drug-likeness (QED) is 0.786. The molecule has 0 aliphatic heterocycles. The summed E-state index contributed by atoms with van der Waals surface area (Å²) in [7, 11) is -2.92. The number of sulfone groups is 1. The van der Waals surface area contributed by atoms with Crippen LogP contribution in [0.3, 0.4) is 0 Å². The molecule has 0 fully saturated rings. The summed E-state index contributed by atoms with van der Waals surface area (Å²) in [6.07, 6.45) is 4.33. The van der Waals surface area contributed by atoms with Gasteiger partial charge in [-0.3, -0.25) is 0 Å². The Hall–Kier alpha value is -0.840. The van der Waals surface area contributed by atoms with E-state index in [1.54, 1.807) is 20.0 Å². The zero-order valence-electron chi connectivity index (χ0n) is 11.0. The Morgan fingerprint density at radius 1 is 1.29 bits per heavy atom. The average Bonchev–Trinajstić information content (AvgIpc) is 2.65. The van der Waals surface area contributed by atoms with Crippen LogP contribution in [-0.4, -0.2) is 29.0 Å². The first-order chi connectivity index (χ1) is 7.84. The lowest BCUT2D eigenvalue weighted by molar-refractivity contribution is 0.570. The Balaban J connectivity index is 2.55. The fourth-order valence-corrected chi connectivity index (χ4v) is 2.69. The monoisotopic (exact) mass is 258 g/mol. The van der Waals surface area contributed by atoms with E-state index in [-0.39, 0.29) is 11.0 Å². The Kier molecular flexibility index (Phi) is 4.74. The summed E-state index contributed by atoms with van der Waals surface area (Å²) in [5, 5.41) is -0.283. The molecule has 0 aromatic carbocycles. The third-order valence-corrected chi connectivity index (χ3v) is 5.10. The third-order valence-electron chi connectivity index (χ3n) is 2.81. The van der Waals surface area contributed by atoms with E-state index in [1.807, 2.05) is 10.8 Å². The highest BCUT2D eigenvalue weighted by atomic mass is 32.2. The summed E-state index contributed by atoms with van der Waals surface area (Å²) in [4.78, 5) is 4.28. The molecular formula is C12H22N2O2S. The lowest BCUT2D eigenvalue weighted by atomic mass is 10.2. The minimum atomic E-state index is -2.92. The first kappa shape index (κ1) is 14.2. The largest absolute Gasteiger partial charge is 0.335 e. The number of hydrogen-bond acceptors (Lipinski definition) is 3. The summed E-state index contributed by atoms with van der Waals surface area (Å²) < 4.78 is 25.3. The van der Waals surface area contributed by atoms with Crippen molar-refractivity contribution in [3.63, 3.8) is 0 Å². The van der Waals surface area contributed by atoms with Gasteiger partial charge in [0, 0.05) is 24.9 Å².